The Labute approximate surface area is 133 Å². The number of hydrogen-bond donors (Lipinski definition) is 3. The number of rotatable bonds is 6. The number of hydrazine groups is 1. The van der Waals surface area contributed by atoms with Crippen LogP contribution in [0.25, 0.3) is 0 Å². The number of nitrogens with two attached hydrogens (primary N) is 2. The van der Waals surface area contributed by atoms with E-state index in [1.807, 2.05) is 30.3 Å². The van der Waals surface area contributed by atoms with Gasteiger partial charge in [-0.05, 0) is 17.7 Å². The van der Waals surface area contributed by atoms with Crippen molar-refractivity contribution >= 4 is 23.8 Å². The lowest BCUT2D eigenvalue weighted by atomic mass is 10.2. The number of alkyl carbamates (subject to hydrolysis) is 1. The molecule has 0 bridgehead atoms. The van der Waals surface area contributed by atoms with Gasteiger partial charge in [0.15, 0.2) is 12.5 Å². The van der Waals surface area contributed by atoms with Gasteiger partial charge in [-0.15, -0.1) is 0 Å². The molecule has 2 aromatic carbocycles. The minimum Gasteiger partial charge on any atom is -0.445 e. The highest BCUT2D eigenvalue weighted by atomic mass is 16.5. The minimum absolute atomic E-state index is 0.0935. The maximum Gasteiger partial charge on any atom is 0.409 e. The molecule has 0 radical (unpaired) electrons. The first-order valence-electron chi connectivity index (χ1n) is 6.92. The predicted molar refractivity (Wildman–Crippen MR) is 87.1 cm³/mol. The molecule has 5 N–H and O–H groups in total. The fraction of sp³-hybridized carbons (Fsp3) is 0.125. The molecule has 1 amide bonds. The third kappa shape index (κ3) is 4.45. The fourth-order valence-electron chi connectivity index (χ4n) is 1.93. The molecule has 0 heterocycles. The molecule has 0 aliphatic heterocycles. The standard InChI is InChI=1S/C16H18N4O3/c17-13-8-4-5-9-14(13)20(18)15(10-21)19-16(22)23-11-12-6-2-1-3-7-12/h1-10,15H,11,17-18H2,(H,19,22). The molecule has 1 atom stereocenters. The molecule has 1 unspecified atom stereocenters. The SMILES string of the molecule is Nc1ccccc1N(N)C(C=O)NC(=O)OCc1ccccc1. The van der Waals surface area contributed by atoms with Gasteiger partial charge in [-0.25, -0.2) is 10.6 Å². The number of para-hydroxylation sites is 2. The number of anilines is 2. The summed E-state index contributed by atoms with van der Waals surface area (Å²) in [5.74, 6) is 5.86. The molecule has 0 aromatic heterocycles. The van der Waals surface area contributed by atoms with Gasteiger partial charge in [-0.3, -0.25) is 15.1 Å². The van der Waals surface area contributed by atoms with E-state index in [0.29, 0.717) is 17.7 Å². The second-order valence-electron chi connectivity index (χ2n) is 4.75. The number of nitrogens with zero attached hydrogens (tertiary/aromatic N) is 1. The zero-order valence-corrected chi connectivity index (χ0v) is 12.4. The Bertz CT molecular complexity index is 663. The van der Waals surface area contributed by atoms with E-state index in [1.165, 1.54) is 0 Å². The molecule has 0 aliphatic rings. The summed E-state index contributed by atoms with van der Waals surface area (Å²) >= 11 is 0. The van der Waals surface area contributed by atoms with Crippen molar-refractivity contribution in [2.24, 2.45) is 5.84 Å². The zero-order valence-electron chi connectivity index (χ0n) is 12.4. The van der Waals surface area contributed by atoms with Crippen molar-refractivity contribution in [1.82, 2.24) is 5.32 Å². The highest BCUT2D eigenvalue weighted by Crippen LogP contribution is 2.20. The predicted octanol–water partition coefficient (Wildman–Crippen LogP) is 1.40. The third-order valence-corrected chi connectivity index (χ3v) is 3.12. The number of aldehydes is 1. The van der Waals surface area contributed by atoms with E-state index in [4.69, 9.17) is 16.3 Å². The fourth-order valence-corrected chi connectivity index (χ4v) is 1.93. The highest BCUT2D eigenvalue weighted by molar-refractivity contribution is 5.78. The van der Waals surface area contributed by atoms with E-state index < -0.39 is 12.3 Å². The monoisotopic (exact) mass is 314 g/mol. The van der Waals surface area contributed by atoms with Crippen LogP contribution >= 0.6 is 0 Å². The Morgan fingerprint density at radius 3 is 2.48 bits per heavy atom. The second kappa shape index (κ2) is 7.81. The Morgan fingerprint density at radius 2 is 1.83 bits per heavy atom. The molecule has 7 heteroatoms. The molecule has 0 fully saturated rings. The maximum atomic E-state index is 11.8. The lowest BCUT2D eigenvalue weighted by Crippen LogP contribution is -2.53. The summed E-state index contributed by atoms with van der Waals surface area (Å²) in [7, 11) is 0. The van der Waals surface area contributed by atoms with Crippen molar-refractivity contribution in [3.8, 4) is 0 Å². The van der Waals surface area contributed by atoms with Gasteiger partial charge in [-0.2, -0.15) is 0 Å². The smallest absolute Gasteiger partial charge is 0.409 e. The van der Waals surface area contributed by atoms with Crippen LogP contribution in [0.2, 0.25) is 0 Å². The molecule has 120 valence electrons. The summed E-state index contributed by atoms with van der Waals surface area (Å²) in [6, 6.07) is 15.9. The van der Waals surface area contributed by atoms with Crippen LogP contribution in [0.4, 0.5) is 16.2 Å². The summed E-state index contributed by atoms with van der Waals surface area (Å²) in [5, 5.41) is 3.45. The summed E-state index contributed by atoms with van der Waals surface area (Å²) < 4.78 is 5.05. The van der Waals surface area contributed by atoms with Crippen LogP contribution in [0.15, 0.2) is 54.6 Å². The lowest BCUT2D eigenvalue weighted by molar-refractivity contribution is -0.109. The van der Waals surface area contributed by atoms with E-state index in [-0.39, 0.29) is 6.61 Å². The van der Waals surface area contributed by atoms with E-state index in [9.17, 15) is 9.59 Å². The topological polar surface area (TPSA) is 111 Å². The second-order valence-corrected chi connectivity index (χ2v) is 4.75. The number of nitrogen functional groups attached to an aromatic ring is 1. The van der Waals surface area contributed by atoms with Crippen molar-refractivity contribution in [2.45, 2.75) is 12.8 Å². The quantitative estimate of drug-likeness (QED) is 0.244. The van der Waals surface area contributed by atoms with Crippen molar-refractivity contribution < 1.29 is 14.3 Å². The van der Waals surface area contributed by atoms with Gasteiger partial charge < -0.3 is 10.5 Å². The van der Waals surface area contributed by atoms with Gasteiger partial charge in [0.25, 0.3) is 0 Å². The summed E-state index contributed by atoms with van der Waals surface area (Å²) in [4.78, 5) is 23.0. The van der Waals surface area contributed by atoms with Crippen molar-refractivity contribution in [3.63, 3.8) is 0 Å². The van der Waals surface area contributed by atoms with E-state index in [0.717, 1.165) is 10.6 Å². The molecule has 2 rings (SSSR count). The molecule has 23 heavy (non-hydrogen) atoms. The van der Waals surface area contributed by atoms with Gasteiger partial charge in [0.05, 0.1) is 11.4 Å². The summed E-state index contributed by atoms with van der Waals surface area (Å²) in [6.45, 7) is 0.0935. The first-order chi connectivity index (χ1) is 11.1. The van der Waals surface area contributed by atoms with E-state index >= 15 is 0 Å². The van der Waals surface area contributed by atoms with Gasteiger partial charge in [0.1, 0.15) is 6.61 Å². The average Bonchev–Trinajstić information content (AvgIpc) is 2.58. The van der Waals surface area contributed by atoms with Crippen LogP contribution in [-0.2, 0) is 16.1 Å². The van der Waals surface area contributed by atoms with E-state index in [2.05, 4.69) is 5.32 Å². The molecule has 0 aliphatic carbocycles. The van der Waals surface area contributed by atoms with Crippen LogP contribution < -0.4 is 21.9 Å². The van der Waals surface area contributed by atoms with Gasteiger partial charge >= 0.3 is 6.09 Å². The van der Waals surface area contributed by atoms with Gasteiger partial charge in [-0.1, -0.05) is 42.5 Å². The van der Waals surface area contributed by atoms with Crippen LogP contribution in [-0.4, -0.2) is 18.5 Å². The normalized spacial score (nSPS) is 11.3. The molecule has 0 spiro atoms. The molecule has 0 saturated carbocycles. The lowest BCUT2D eigenvalue weighted by Gasteiger charge is -2.26. The Morgan fingerprint density at radius 1 is 1.17 bits per heavy atom. The number of hydrogen-bond acceptors (Lipinski definition) is 6. The molecule has 2 aromatic rings. The average molecular weight is 314 g/mol. The van der Waals surface area contributed by atoms with Crippen molar-refractivity contribution in [2.75, 3.05) is 10.7 Å². The van der Waals surface area contributed by atoms with Crippen LogP contribution in [0.1, 0.15) is 5.56 Å². The van der Waals surface area contributed by atoms with Crippen molar-refractivity contribution in [1.29, 1.82) is 0 Å². The Hall–Kier alpha value is -3.06. The van der Waals surface area contributed by atoms with Crippen LogP contribution in [0.5, 0.6) is 0 Å². The highest BCUT2D eigenvalue weighted by Gasteiger charge is 2.19. The summed E-state index contributed by atoms with van der Waals surface area (Å²) in [5.41, 5.74) is 7.45. The zero-order chi connectivity index (χ0) is 16.7. The number of amides is 1. The molecule has 0 saturated heterocycles. The largest absolute Gasteiger partial charge is 0.445 e. The van der Waals surface area contributed by atoms with Crippen LogP contribution in [0.3, 0.4) is 0 Å². The van der Waals surface area contributed by atoms with Gasteiger partial charge in [0.2, 0.25) is 0 Å². The van der Waals surface area contributed by atoms with E-state index in [1.54, 1.807) is 24.3 Å². The van der Waals surface area contributed by atoms with Crippen LogP contribution in [0, 0.1) is 0 Å². The first-order valence-corrected chi connectivity index (χ1v) is 6.92. The number of ether oxygens (including phenoxy) is 1. The van der Waals surface area contributed by atoms with Crippen molar-refractivity contribution in [3.05, 3.63) is 60.2 Å². The third-order valence-electron chi connectivity index (χ3n) is 3.12. The molecular formula is C16H18N4O3. The summed E-state index contributed by atoms with van der Waals surface area (Å²) in [6.07, 6.45) is -1.35. The first kappa shape index (κ1) is 16.3. The molecular weight excluding hydrogens is 296 g/mol. The van der Waals surface area contributed by atoms with Gasteiger partial charge in [0, 0.05) is 0 Å². The Kier molecular flexibility index (Phi) is 5.54. The minimum atomic E-state index is -1.09. The Balaban J connectivity index is 1.95. The number of nitrogens with one attached hydrogen (secondary N) is 1. The maximum absolute atomic E-state index is 11.8. The number of carbonyl (C=O) groups is 2. The number of benzene rings is 2. The number of carbonyl (C=O) groups excluding carboxylic acids is 2. The molecule has 7 nitrogen and oxygen atoms in total.